The highest BCUT2D eigenvalue weighted by atomic mass is 16.5. The van der Waals surface area contributed by atoms with Gasteiger partial charge in [-0.05, 0) is 20.4 Å². The number of ether oxygens (including phenoxy) is 1. The predicted octanol–water partition coefficient (Wildman–Crippen LogP) is 0.291. The third kappa shape index (κ3) is 1.63. The molecular weight excluding hydrogens is 254 g/mol. The molecule has 1 aliphatic carbocycles. The van der Waals surface area contributed by atoms with Crippen molar-refractivity contribution < 1.29 is 9.53 Å². The van der Waals surface area contributed by atoms with Crippen LogP contribution in [-0.2, 0) is 9.53 Å². The number of likely N-dealkylation sites (N-methyl/N-ethyl adjacent to an activating group) is 1. The standard InChI is InChI=1S/C15H27N3O2/c1-10-9-18(7-6-17(10)4)13(19)15(16)11-5-8-20-12(11)14(15,2)3/h10-12H,5-9,16H2,1-4H3. The van der Waals surface area contributed by atoms with Gasteiger partial charge in [0.2, 0.25) is 5.91 Å². The molecule has 3 fully saturated rings. The number of carbonyl (C=O) groups is 1. The summed E-state index contributed by atoms with van der Waals surface area (Å²) in [4.78, 5) is 17.3. The molecule has 0 bridgehead atoms. The number of amides is 1. The van der Waals surface area contributed by atoms with Crippen molar-refractivity contribution in [2.24, 2.45) is 17.1 Å². The fraction of sp³-hybridized carbons (Fsp3) is 0.933. The summed E-state index contributed by atoms with van der Waals surface area (Å²) in [5.74, 6) is 0.328. The van der Waals surface area contributed by atoms with Gasteiger partial charge in [-0.2, -0.15) is 0 Å². The first-order valence-corrected chi connectivity index (χ1v) is 7.70. The summed E-state index contributed by atoms with van der Waals surface area (Å²) in [6.07, 6.45) is 1.07. The van der Waals surface area contributed by atoms with Crippen LogP contribution >= 0.6 is 0 Å². The first-order chi connectivity index (χ1) is 9.30. The number of piperazine rings is 1. The molecule has 0 aromatic carbocycles. The van der Waals surface area contributed by atoms with Crippen LogP contribution < -0.4 is 5.73 Å². The fourth-order valence-electron chi connectivity index (χ4n) is 4.31. The summed E-state index contributed by atoms with van der Waals surface area (Å²) >= 11 is 0. The maximum Gasteiger partial charge on any atom is 0.243 e. The molecule has 4 unspecified atom stereocenters. The van der Waals surface area contributed by atoms with Gasteiger partial charge in [0.05, 0.1) is 6.10 Å². The van der Waals surface area contributed by atoms with Crippen molar-refractivity contribution in [2.45, 2.75) is 44.9 Å². The van der Waals surface area contributed by atoms with Crippen molar-refractivity contribution in [1.29, 1.82) is 0 Å². The van der Waals surface area contributed by atoms with E-state index in [0.29, 0.717) is 6.04 Å². The van der Waals surface area contributed by atoms with Crippen molar-refractivity contribution in [2.75, 3.05) is 33.3 Å². The van der Waals surface area contributed by atoms with E-state index in [9.17, 15) is 4.79 Å². The first kappa shape index (κ1) is 14.3. The largest absolute Gasteiger partial charge is 0.377 e. The van der Waals surface area contributed by atoms with Gasteiger partial charge in [0, 0.05) is 43.6 Å². The van der Waals surface area contributed by atoms with Gasteiger partial charge >= 0.3 is 0 Å². The van der Waals surface area contributed by atoms with E-state index < -0.39 is 5.54 Å². The summed E-state index contributed by atoms with van der Waals surface area (Å²) in [6, 6.07) is 0.398. The Kier molecular flexibility index (Phi) is 3.16. The predicted molar refractivity (Wildman–Crippen MR) is 77.2 cm³/mol. The quantitative estimate of drug-likeness (QED) is 0.750. The Hall–Kier alpha value is -0.650. The molecule has 2 N–H and O–H groups in total. The molecule has 2 saturated heterocycles. The Balaban J connectivity index is 1.80. The second-order valence-electron chi connectivity index (χ2n) is 7.36. The van der Waals surface area contributed by atoms with Crippen molar-refractivity contribution >= 4 is 5.91 Å². The number of hydrogen-bond acceptors (Lipinski definition) is 4. The third-order valence-electron chi connectivity index (χ3n) is 6.05. The SMILES string of the molecule is CC1CN(C(=O)C2(N)C3CCOC3C2(C)C)CCN1C. The molecule has 0 aromatic rings. The highest BCUT2D eigenvalue weighted by Crippen LogP contribution is 2.58. The van der Waals surface area contributed by atoms with E-state index >= 15 is 0 Å². The van der Waals surface area contributed by atoms with Gasteiger partial charge in [0.15, 0.2) is 0 Å². The highest BCUT2D eigenvalue weighted by molar-refractivity contribution is 5.89. The number of carbonyl (C=O) groups excluding carboxylic acids is 1. The third-order valence-corrected chi connectivity index (χ3v) is 6.05. The number of nitrogens with two attached hydrogens (primary N) is 1. The smallest absolute Gasteiger partial charge is 0.243 e. The molecule has 4 atom stereocenters. The van der Waals surface area contributed by atoms with Crippen LogP contribution in [0.3, 0.4) is 0 Å². The van der Waals surface area contributed by atoms with Crippen LogP contribution in [0.2, 0.25) is 0 Å². The lowest BCUT2D eigenvalue weighted by atomic mass is 9.47. The molecule has 1 amide bonds. The summed E-state index contributed by atoms with van der Waals surface area (Å²) in [6.45, 7) is 9.55. The van der Waals surface area contributed by atoms with Gasteiger partial charge in [-0.1, -0.05) is 13.8 Å². The summed E-state index contributed by atoms with van der Waals surface area (Å²) < 4.78 is 5.78. The minimum Gasteiger partial charge on any atom is -0.377 e. The second kappa shape index (κ2) is 4.42. The van der Waals surface area contributed by atoms with Crippen LogP contribution in [0.4, 0.5) is 0 Å². The van der Waals surface area contributed by atoms with E-state index in [2.05, 4.69) is 32.7 Å². The van der Waals surface area contributed by atoms with Gasteiger partial charge in [-0.25, -0.2) is 0 Å². The van der Waals surface area contributed by atoms with Crippen molar-refractivity contribution in [1.82, 2.24) is 9.80 Å². The summed E-state index contributed by atoms with van der Waals surface area (Å²) in [7, 11) is 2.11. The zero-order valence-corrected chi connectivity index (χ0v) is 13.1. The van der Waals surface area contributed by atoms with E-state index in [-0.39, 0.29) is 23.3 Å². The van der Waals surface area contributed by atoms with Crippen LogP contribution in [0.15, 0.2) is 0 Å². The van der Waals surface area contributed by atoms with Gasteiger partial charge in [-0.3, -0.25) is 4.79 Å². The average molecular weight is 281 g/mol. The van der Waals surface area contributed by atoms with E-state index in [1.165, 1.54) is 0 Å². The first-order valence-electron chi connectivity index (χ1n) is 7.70. The van der Waals surface area contributed by atoms with E-state index in [1.807, 2.05) is 4.90 Å². The minimum absolute atomic E-state index is 0.134. The zero-order chi connectivity index (χ0) is 14.7. The minimum atomic E-state index is -0.746. The van der Waals surface area contributed by atoms with E-state index in [0.717, 1.165) is 32.7 Å². The monoisotopic (exact) mass is 281 g/mol. The topological polar surface area (TPSA) is 58.8 Å². The number of nitrogens with zero attached hydrogens (tertiary/aromatic N) is 2. The molecule has 2 heterocycles. The van der Waals surface area contributed by atoms with Crippen LogP contribution in [-0.4, -0.2) is 66.7 Å². The summed E-state index contributed by atoms with van der Waals surface area (Å²) in [5.41, 5.74) is 5.62. The highest BCUT2D eigenvalue weighted by Gasteiger charge is 2.71. The van der Waals surface area contributed by atoms with Crippen LogP contribution in [0.5, 0.6) is 0 Å². The van der Waals surface area contributed by atoms with E-state index in [1.54, 1.807) is 0 Å². The molecule has 0 spiro atoms. The van der Waals surface area contributed by atoms with Crippen LogP contribution in [0.1, 0.15) is 27.2 Å². The van der Waals surface area contributed by atoms with Gasteiger partial charge in [0.1, 0.15) is 5.54 Å². The lowest BCUT2D eigenvalue weighted by Gasteiger charge is -2.62. The number of hydrogen-bond donors (Lipinski definition) is 1. The number of rotatable bonds is 1. The molecule has 114 valence electrons. The molecular formula is C15H27N3O2. The molecule has 3 rings (SSSR count). The van der Waals surface area contributed by atoms with Crippen molar-refractivity contribution in [3.8, 4) is 0 Å². The number of fused-ring (bicyclic) bond motifs is 1. The molecule has 5 heteroatoms. The maximum absolute atomic E-state index is 13.0. The molecule has 5 nitrogen and oxygen atoms in total. The molecule has 1 saturated carbocycles. The average Bonchev–Trinajstić information content (AvgIpc) is 2.88. The Bertz CT molecular complexity index is 425. The van der Waals surface area contributed by atoms with Crippen molar-refractivity contribution in [3.05, 3.63) is 0 Å². The Morgan fingerprint density at radius 3 is 2.70 bits per heavy atom. The Morgan fingerprint density at radius 2 is 2.05 bits per heavy atom. The fourth-order valence-corrected chi connectivity index (χ4v) is 4.31. The van der Waals surface area contributed by atoms with Crippen LogP contribution in [0, 0.1) is 11.3 Å². The second-order valence-corrected chi connectivity index (χ2v) is 7.36. The van der Waals surface area contributed by atoms with Crippen LogP contribution in [0.25, 0.3) is 0 Å². The molecule has 0 aromatic heterocycles. The zero-order valence-electron chi connectivity index (χ0n) is 13.1. The maximum atomic E-state index is 13.0. The van der Waals surface area contributed by atoms with Gasteiger partial charge in [-0.15, -0.1) is 0 Å². The lowest BCUT2D eigenvalue weighted by Crippen LogP contribution is -2.81. The molecule has 20 heavy (non-hydrogen) atoms. The molecule has 3 aliphatic rings. The lowest BCUT2D eigenvalue weighted by molar-refractivity contribution is -0.186. The summed E-state index contributed by atoms with van der Waals surface area (Å²) in [5, 5.41) is 0. The van der Waals surface area contributed by atoms with Gasteiger partial charge < -0.3 is 20.3 Å². The Morgan fingerprint density at radius 1 is 1.35 bits per heavy atom. The Labute approximate surface area is 121 Å². The van der Waals surface area contributed by atoms with Crippen molar-refractivity contribution in [3.63, 3.8) is 0 Å². The van der Waals surface area contributed by atoms with Gasteiger partial charge in [0.25, 0.3) is 0 Å². The van der Waals surface area contributed by atoms with E-state index in [4.69, 9.17) is 10.5 Å². The normalized spacial score (nSPS) is 44.0. The molecule has 2 aliphatic heterocycles. The molecule has 0 radical (unpaired) electrons.